The Labute approximate surface area is 259 Å². The number of nitrogens with zero attached hydrogens (tertiary/aromatic N) is 3. The Morgan fingerprint density at radius 3 is 1.56 bits per heavy atom. The monoisotopic (exact) mass is 672 g/mol. The van der Waals surface area contributed by atoms with Gasteiger partial charge in [0.25, 0.3) is 0 Å². The molecule has 1 aliphatic heterocycles. The van der Waals surface area contributed by atoms with Crippen molar-refractivity contribution in [1.29, 1.82) is 0 Å². The summed E-state index contributed by atoms with van der Waals surface area (Å²) in [7, 11) is 11.8. The second-order valence-electron chi connectivity index (χ2n) is 10.5. The van der Waals surface area contributed by atoms with Gasteiger partial charge in [-0.3, -0.25) is 0 Å². The van der Waals surface area contributed by atoms with Crippen LogP contribution in [0.5, 0.6) is 0 Å². The van der Waals surface area contributed by atoms with Gasteiger partial charge in [-0.1, -0.05) is 35.4 Å². The van der Waals surface area contributed by atoms with Crippen LogP contribution < -0.4 is 9.80 Å². The van der Waals surface area contributed by atoms with Crippen molar-refractivity contribution in [2.45, 2.75) is 41.5 Å². The molecule has 0 N–H and O–H groups in total. The normalized spacial score (nSPS) is 13.3. The molecule has 4 aromatic carbocycles. The average Bonchev–Trinajstić information content (AvgIpc) is 3.36. The number of hydrogen-bond acceptors (Lipinski definition) is 3. The minimum absolute atomic E-state index is 0.929. The van der Waals surface area contributed by atoms with Gasteiger partial charge in [0.2, 0.25) is 0 Å². The summed E-state index contributed by atoms with van der Waals surface area (Å²) >= 11 is -1.81. The number of rotatable bonds is 5. The quantitative estimate of drug-likeness (QED) is 0.120. The third kappa shape index (κ3) is 8.38. The molecule has 1 fully saturated rings. The predicted molar refractivity (Wildman–Crippen MR) is 177 cm³/mol. The summed E-state index contributed by atoms with van der Waals surface area (Å²) in [6, 6.07) is 26.9. The molecule has 0 saturated carbocycles. The van der Waals surface area contributed by atoms with Gasteiger partial charge >= 0.3 is 120 Å². The van der Waals surface area contributed by atoms with Crippen molar-refractivity contribution in [1.82, 2.24) is 0 Å². The van der Waals surface area contributed by atoms with Crippen LogP contribution in [0.4, 0.5) is 17.1 Å². The molecule has 41 heavy (non-hydrogen) atoms. The Morgan fingerprint density at radius 1 is 0.659 bits per heavy atom. The third-order valence-electron chi connectivity index (χ3n) is 7.00. The van der Waals surface area contributed by atoms with Crippen molar-refractivity contribution in [3.63, 3.8) is 0 Å². The van der Waals surface area contributed by atoms with E-state index in [1.165, 1.54) is 44.8 Å². The van der Waals surface area contributed by atoms with Gasteiger partial charge in [-0.05, 0) is 63.8 Å². The second-order valence-corrected chi connectivity index (χ2v) is 16.3. The Balaban J connectivity index is 0.000000195. The van der Waals surface area contributed by atoms with Gasteiger partial charge in [-0.15, -0.1) is 0 Å². The molecule has 0 atom stereocenters. The number of aliphatic imine (C=N–C) groups is 1. The molecular formula is C35H38Cl2N3Ru-. The van der Waals surface area contributed by atoms with Gasteiger partial charge in [0, 0.05) is 24.5 Å². The van der Waals surface area contributed by atoms with Gasteiger partial charge in [-0.2, -0.15) is 6.67 Å². The third-order valence-corrected chi connectivity index (χ3v) is 8.83. The van der Waals surface area contributed by atoms with Crippen molar-refractivity contribution < 1.29 is 13.5 Å². The van der Waals surface area contributed by atoms with Gasteiger partial charge in [0.05, 0.1) is 0 Å². The van der Waals surface area contributed by atoms with Crippen LogP contribution in [0.25, 0.3) is 0 Å². The van der Waals surface area contributed by atoms with Crippen LogP contribution in [0, 0.1) is 48.2 Å². The predicted octanol–water partition coefficient (Wildman–Crippen LogP) is 9.50. The summed E-state index contributed by atoms with van der Waals surface area (Å²) < 4.78 is 1.93. The SMILES string of the molecule is Cc1cc(C)c(N2[CH-]N(c3c(C)cc(C)cc3C)CC2)c(C)c1.[Cl][Ru]([Cl])=[CH]c1ccccc1C=Nc1ccccc1. The van der Waals surface area contributed by atoms with Crippen molar-refractivity contribution in [2.75, 3.05) is 22.9 Å². The van der Waals surface area contributed by atoms with Crippen molar-refractivity contribution in [2.24, 2.45) is 4.99 Å². The number of anilines is 2. The molecule has 4 aromatic rings. The Morgan fingerprint density at radius 2 is 1.10 bits per heavy atom. The van der Waals surface area contributed by atoms with E-state index in [2.05, 4.69) is 87.3 Å². The van der Waals surface area contributed by atoms with E-state index in [1.54, 1.807) is 0 Å². The number of aryl methyl sites for hydroxylation is 6. The summed E-state index contributed by atoms with van der Waals surface area (Å²) in [6.45, 7) is 17.6. The first-order valence-electron chi connectivity index (χ1n) is 13.7. The van der Waals surface area contributed by atoms with Crippen molar-refractivity contribution in [3.05, 3.63) is 130 Å². The van der Waals surface area contributed by atoms with Crippen LogP contribution in [-0.2, 0) is 13.5 Å². The van der Waals surface area contributed by atoms with E-state index in [9.17, 15) is 0 Å². The number of hydrogen-bond donors (Lipinski definition) is 0. The van der Waals surface area contributed by atoms with E-state index in [0.29, 0.717) is 0 Å². The van der Waals surface area contributed by atoms with Crippen LogP contribution in [0.1, 0.15) is 44.5 Å². The van der Waals surface area contributed by atoms with Crippen LogP contribution in [0.2, 0.25) is 0 Å². The molecule has 0 aliphatic carbocycles. The molecule has 6 heteroatoms. The van der Waals surface area contributed by atoms with Crippen LogP contribution in [0.15, 0.2) is 83.9 Å². The molecular weight excluding hydrogens is 634 g/mol. The topological polar surface area (TPSA) is 18.8 Å². The van der Waals surface area contributed by atoms with Crippen molar-refractivity contribution in [3.8, 4) is 0 Å². The number of benzene rings is 4. The van der Waals surface area contributed by atoms with Crippen LogP contribution in [0.3, 0.4) is 0 Å². The summed E-state index contributed by atoms with van der Waals surface area (Å²) in [5.74, 6) is 0. The van der Waals surface area contributed by atoms with Crippen molar-refractivity contribution >= 4 is 47.3 Å². The molecule has 1 saturated heterocycles. The summed E-state index contributed by atoms with van der Waals surface area (Å²) in [5.41, 5.74) is 13.8. The maximum absolute atomic E-state index is 5.91. The van der Waals surface area contributed by atoms with Gasteiger partial charge in [0.1, 0.15) is 0 Å². The summed E-state index contributed by atoms with van der Waals surface area (Å²) in [4.78, 5) is 9.24. The zero-order chi connectivity index (χ0) is 29.5. The summed E-state index contributed by atoms with van der Waals surface area (Å²) in [6.07, 6.45) is 1.84. The molecule has 0 bridgehead atoms. The first-order chi connectivity index (χ1) is 19.6. The first kappa shape index (κ1) is 31.2. The Bertz CT molecular complexity index is 1450. The van der Waals surface area contributed by atoms with E-state index in [-0.39, 0.29) is 0 Å². The second kappa shape index (κ2) is 14.4. The molecule has 5 rings (SSSR count). The van der Waals surface area contributed by atoms with Crippen LogP contribution in [-0.4, -0.2) is 23.9 Å². The zero-order valence-electron chi connectivity index (χ0n) is 24.6. The molecule has 0 amide bonds. The molecule has 1 heterocycles. The van der Waals surface area contributed by atoms with Gasteiger partial charge in [-0.25, -0.2) is 0 Å². The Hall–Kier alpha value is -2.78. The molecule has 0 aromatic heterocycles. The maximum atomic E-state index is 5.91. The fourth-order valence-electron chi connectivity index (χ4n) is 5.55. The Kier molecular flexibility index (Phi) is 11.0. The first-order valence-corrected chi connectivity index (χ1v) is 19.2. The minimum atomic E-state index is -1.81. The van der Waals surface area contributed by atoms with Crippen LogP contribution >= 0.6 is 19.4 Å². The average molecular weight is 673 g/mol. The van der Waals surface area contributed by atoms with E-state index >= 15 is 0 Å². The molecule has 3 nitrogen and oxygen atoms in total. The molecule has 1 aliphatic rings. The number of para-hydroxylation sites is 1. The standard InChI is InChI=1S/C21H27N2.C14H11N.2ClH.Ru/c1-14-9-16(3)20(17(4)10-14)22-7-8-23(13-22)21-18(5)11-15(2)12-19(21)6;1-12-7-5-6-8-13(12)11-15-14-9-3-2-4-10-14;;;/h9-13H,7-8H2,1-6H3;1-11H;2*1H;/q-1;;;;+2/p-2. The van der Waals surface area contributed by atoms with E-state index < -0.39 is 13.5 Å². The fraction of sp³-hybridized carbons (Fsp3) is 0.229. The molecule has 0 spiro atoms. The number of halogens is 2. The molecule has 216 valence electrons. The zero-order valence-corrected chi connectivity index (χ0v) is 27.9. The van der Waals surface area contributed by atoms with E-state index in [0.717, 1.165) is 29.9 Å². The summed E-state index contributed by atoms with van der Waals surface area (Å²) in [5, 5.41) is 0. The molecule has 0 radical (unpaired) electrons. The van der Waals surface area contributed by atoms with E-state index in [1.807, 2.05) is 65.4 Å². The fourth-order valence-corrected chi connectivity index (χ4v) is 7.40. The van der Waals surface area contributed by atoms with E-state index in [4.69, 9.17) is 19.4 Å². The van der Waals surface area contributed by atoms with Gasteiger partial charge < -0.3 is 9.80 Å². The molecule has 0 unspecified atom stereocenters. The van der Waals surface area contributed by atoms with Gasteiger partial charge in [0.15, 0.2) is 0 Å².